The lowest BCUT2D eigenvalue weighted by molar-refractivity contribution is 0.0597. The first-order valence-corrected chi connectivity index (χ1v) is 7.04. The Kier molecular flexibility index (Phi) is 4.34. The molecule has 0 fully saturated rings. The van der Waals surface area contributed by atoms with E-state index in [-0.39, 0.29) is 16.2 Å². The fraction of sp³-hybridized carbons (Fsp3) is 0.417. The number of carbonyl (C=O) groups is 1. The predicted molar refractivity (Wildman–Crippen MR) is 66.4 cm³/mol. The van der Waals surface area contributed by atoms with Crippen LogP contribution in [0, 0.1) is 0 Å². The summed E-state index contributed by atoms with van der Waals surface area (Å²) < 4.78 is 28.7. The van der Waals surface area contributed by atoms with Crippen LogP contribution in [0.3, 0.4) is 0 Å². The third-order valence-corrected chi connectivity index (χ3v) is 5.11. The molecule has 0 bridgehead atoms. The van der Waals surface area contributed by atoms with Gasteiger partial charge in [-0.1, -0.05) is 6.92 Å². The van der Waals surface area contributed by atoms with Crippen molar-refractivity contribution in [1.82, 2.24) is 0 Å². The number of hydrogen-bond acceptors (Lipinski definition) is 5. The average molecular weight is 272 g/mol. The minimum absolute atomic E-state index is 0.00931. The summed E-state index contributed by atoms with van der Waals surface area (Å²) in [5, 5.41) is 8.95. The average Bonchev–Trinajstić information content (AvgIpc) is 2.36. The van der Waals surface area contributed by atoms with E-state index in [9.17, 15) is 18.3 Å². The number of methoxy groups -OCH3 is 1. The molecule has 0 radical (unpaired) electrons. The monoisotopic (exact) mass is 272 g/mol. The van der Waals surface area contributed by atoms with Gasteiger partial charge >= 0.3 is 5.97 Å². The van der Waals surface area contributed by atoms with Crippen LogP contribution < -0.4 is 0 Å². The summed E-state index contributed by atoms with van der Waals surface area (Å²) in [5.74, 6) is -1.07. The number of aromatic hydroxyl groups is 1. The van der Waals surface area contributed by atoms with Gasteiger partial charge in [-0.2, -0.15) is 0 Å². The van der Waals surface area contributed by atoms with Crippen LogP contribution in [0.1, 0.15) is 30.6 Å². The minimum Gasteiger partial charge on any atom is -0.507 e. The number of phenols is 1. The Bertz CT molecular complexity index is 548. The zero-order chi connectivity index (χ0) is 13.9. The molecule has 0 saturated carbocycles. The molecule has 100 valence electrons. The number of rotatable bonds is 4. The molecule has 1 aromatic rings. The normalized spacial score (nSPS) is 13.1. The minimum atomic E-state index is -3.49. The number of esters is 1. The Labute approximate surface area is 106 Å². The maximum absolute atomic E-state index is 12.1. The molecule has 6 heteroatoms. The van der Waals surface area contributed by atoms with Gasteiger partial charge in [0.05, 0.1) is 17.3 Å². The highest BCUT2D eigenvalue weighted by atomic mass is 32.2. The quantitative estimate of drug-likeness (QED) is 0.844. The van der Waals surface area contributed by atoms with E-state index in [1.807, 2.05) is 0 Å². The molecule has 0 aliphatic carbocycles. The van der Waals surface area contributed by atoms with Crippen LogP contribution in [0.2, 0.25) is 0 Å². The standard InChI is InChI=1S/C12H16O5S/c1-4-8(2)18(15,16)9-5-6-11(13)10(7-9)12(14)17-3/h5-8,13H,4H2,1-3H3. The van der Waals surface area contributed by atoms with Crippen molar-refractivity contribution in [2.75, 3.05) is 7.11 Å². The highest BCUT2D eigenvalue weighted by molar-refractivity contribution is 7.92. The van der Waals surface area contributed by atoms with Crippen molar-refractivity contribution < 1.29 is 23.1 Å². The first kappa shape index (κ1) is 14.5. The summed E-state index contributed by atoms with van der Waals surface area (Å²) in [6, 6.07) is 3.60. The lowest BCUT2D eigenvalue weighted by Crippen LogP contribution is -2.17. The van der Waals surface area contributed by atoms with Crippen molar-refractivity contribution in [2.24, 2.45) is 0 Å². The van der Waals surface area contributed by atoms with Gasteiger partial charge in [0, 0.05) is 0 Å². The second kappa shape index (κ2) is 5.39. The third-order valence-electron chi connectivity index (χ3n) is 2.81. The molecule has 0 aromatic heterocycles. The van der Waals surface area contributed by atoms with Crippen LogP contribution in [0.25, 0.3) is 0 Å². The Morgan fingerprint density at radius 2 is 2.06 bits per heavy atom. The van der Waals surface area contributed by atoms with E-state index in [1.54, 1.807) is 13.8 Å². The Hall–Kier alpha value is -1.56. The molecule has 18 heavy (non-hydrogen) atoms. The van der Waals surface area contributed by atoms with Crippen LogP contribution in [-0.4, -0.2) is 31.9 Å². The number of ether oxygens (including phenoxy) is 1. The van der Waals surface area contributed by atoms with Crippen LogP contribution in [-0.2, 0) is 14.6 Å². The first-order chi connectivity index (χ1) is 8.34. The molecule has 0 spiro atoms. The summed E-state index contributed by atoms with van der Waals surface area (Å²) >= 11 is 0. The second-order valence-corrected chi connectivity index (χ2v) is 6.30. The molecule has 1 N–H and O–H groups in total. The highest BCUT2D eigenvalue weighted by Gasteiger charge is 2.24. The van der Waals surface area contributed by atoms with Gasteiger partial charge in [0.1, 0.15) is 11.3 Å². The maximum atomic E-state index is 12.1. The Morgan fingerprint density at radius 3 is 2.56 bits per heavy atom. The summed E-state index contributed by atoms with van der Waals surface area (Å²) in [4.78, 5) is 11.4. The zero-order valence-corrected chi connectivity index (χ0v) is 11.3. The van der Waals surface area contributed by atoms with Gasteiger partial charge < -0.3 is 9.84 Å². The SMILES string of the molecule is CCC(C)S(=O)(=O)c1ccc(O)c(C(=O)OC)c1. The lowest BCUT2D eigenvalue weighted by Gasteiger charge is -2.12. The predicted octanol–water partition coefficient (Wildman–Crippen LogP) is 1.75. The fourth-order valence-electron chi connectivity index (χ4n) is 1.42. The highest BCUT2D eigenvalue weighted by Crippen LogP contribution is 2.25. The number of phenolic OH excluding ortho intramolecular Hbond substituents is 1. The molecule has 5 nitrogen and oxygen atoms in total. The van der Waals surface area contributed by atoms with Crippen LogP contribution in [0.5, 0.6) is 5.75 Å². The van der Waals surface area contributed by atoms with Gasteiger partial charge in [-0.3, -0.25) is 0 Å². The molecule has 0 aliphatic heterocycles. The van der Waals surface area contributed by atoms with E-state index >= 15 is 0 Å². The molecule has 0 aliphatic rings. The molecule has 0 heterocycles. The van der Waals surface area contributed by atoms with Gasteiger partial charge in [0.2, 0.25) is 0 Å². The number of benzene rings is 1. The van der Waals surface area contributed by atoms with Gasteiger partial charge in [-0.05, 0) is 31.5 Å². The topological polar surface area (TPSA) is 80.7 Å². The smallest absolute Gasteiger partial charge is 0.341 e. The number of hydrogen-bond donors (Lipinski definition) is 1. The van der Waals surface area contributed by atoms with Crippen LogP contribution in [0.4, 0.5) is 0 Å². The van der Waals surface area contributed by atoms with Crippen molar-refractivity contribution >= 4 is 15.8 Å². The van der Waals surface area contributed by atoms with E-state index in [1.165, 1.54) is 12.1 Å². The number of sulfone groups is 1. The molecule has 1 atom stereocenters. The second-order valence-electron chi connectivity index (χ2n) is 3.93. The maximum Gasteiger partial charge on any atom is 0.341 e. The van der Waals surface area contributed by atoms with Gasteiger partial charge in [0.15, 0.2) is 9.84 Å². The zero-order valence-electron chi connectivity index (χ0n) is 10.5. The van der Waals surface area contributed by atoms with Crippen molar-refractivity contribution in [2.45, 2.75) is 30.4 Å². The summed E-state index contributed by atoms with van der Waals surface area (Å²) in [7, 11) is -2.32. The summed E-state index contributed by atoms with van der Waals surface area (Å²) in [6.45, 7) is 3.36. The third kappa shape index (κ3) is 2.64. The molecule has 0 saturated heterocycles. The van der Waals surface area contributed by atoms with Crippen molar-refractivity contribution in [3.05, 3.63) is 23.8 Å². The van der Waals surface area contributed by atoms with Crippen molar-refractivity contribution in [3.8, 4) is 5.75 Å². The first-order valence-electron chi connectivity index (χ1n) is 5.49. The van der Waals surface area contributed by atoms with Crippen LogP contribution in [0.15, 0.2) is 23.1 Å². The van der Waals surface area contributed by atoms with E-state index in [0.29, 0.717) is 6.42 Å². The van der Waals surface area contributed by atoms with Crippen LogP contribution >= 0.6 is 0 Å². The van der Waals surface area contributed by atoms with E-state index in [4.69, 9.17) is 0 Å². The molecule has 1 unspecified atom stereocenters. The Morgan fingerprint density at radius 1 is 1.44 bits per heavy atom. The lowest BCUT2D eigenvalue weighted by atomic mass is 10.2. The van der Waals surface area contributed by atoms with Crippen molar-refractivity contribution in [1.29, 1.82) is 0 Å². The Balaban J connectivity index is 3.33. The largest absolute Gasteiger partial charge is 0.507 e. The molecular weight excluding hydrogens is 256 g/mol. The van der Waals surface area contributed by atoms with Gasteiger partial charge in [-0.15, -0.1) is 0 Å². The van der Waals surface area contributed by atoms with Gasteiger partial charge in [-0.25, -0.2) is 13.2 Å². The molecule has 0 amide bonds. The molecular formula is C12H16O5S. The van der Waals surface area contributed by atoms with Gasteiger partial charge in [0.25, 0.3) is 0 Å². The molecule has 1 aromatic carbocycles. The summed E-state index contributed by atoms with van der Waals surface area (Å²) in [5.41, 5.74) is -0.151. The van der Waals surface area contributed by atoms with E-state index < -0.39 is 21.1 Å². The van der Waals surface area contributed by atoms with E-state index in [0.717, 1.165) is 13.2 Å². The van der Waals surface area contributed by atoms with E-state index in [2.05, 4.69) is 4.74 Å². The van der Waals surface area contributed by atoms with Crippen molar-refractivity contribution in [3.63, 3.8) is 0 Å². The molecule has 1 rings (SSSR count). The fourth-order valence-corrected chi connectivity index (χ4v) is 2.86. The summed E-state index contributed by atoms with van der Waals surface area (Å²) in [6.07, 6.45) is 0.469. The number of carbonyl (C=O) groups excluding carboxylic acids is 1.